The Morgan fingerprint density at radius 1 is 0.606 bits per heavy atom. The van der Waals surface area contributed by atoms with Crippen LogP contribution in [0.2, 0.25) is 0 Å². The van der Waals surface area contributed by atoms with Crippen LogP contribution in [-0.2, 0) is 18.9 Å². The predicted octanol–water partition coefficient (Wildman–Crippen LogP) is -7.36. The van der Waals surface area contributed by atoms with Crippen LogP contribution in [0.1, 0.15) is 6.42 Å². The zero-order chi connectivity index (χ0) is 24.6. The maximum absolute atomic E-state index is 11.0. The van der Waals surface area contributed by atoms with E-state index in [1.807, 2.05) is 0 Å². The maximum atomic E-state index is 11.0. The Labute approximate surface area is 190 Å². The minimum atomic E-state index is -1.52. The van der Waals surface area contributed by atoms with Crippen molar-refractivity contribution < 1.29 is 44.5 Å². The third kappa shape index (κ3) is 5.32. The van der Waals surface area contributed by atoms with E-state index in [0.717, 1.165) is 0 Å². The average molecular weight is 483 g/mol. The topological polar surface area (TPSA) is 294 Å². The van der Waals surface area contributed by atoms with E-state index in [9.17, 15) is 25.5 Å². The van der Waals surface area contributed by atoms with Crippen molar-refractivity contribution in [3.05, 3.63) is 0 Å². The zero-order valence-electron chi connectivity index (χ0n) is 18.1. The molecule has 0 aromatic rings. The van der Waals surface area contributed by atoms with Gasteiger partial charge < -0.3 is 78.9 Å². The van der Waals surface area contributed by atoms with E-state index in [-0.39, 0.29) is 19.5 Å². The summed E-state index contributed by atoms with van der Waals surface area (Å²) < 4.78 is 22.7. The summed E-state index contributed by atoms with van der Waals surface area (Å²) >= 11 is 0. The molecule has 0 aromatic carbocycles. The molecule has 33 heavy (non-hydrogen) atoms. The highest BCUT2D eigenvalue weighted by Gasteiger charge is 2.51. The summed E-state index contributed by atoms with van der Waals surface area (Å²) in [6.45, 7) is -0.140. The minimum Gasteiger partial charge on any atom is -0.388 e. The summed E-state index contributed by atoms with van der Waals surface area (Å²) in [4.78, 5) is 0. The van der Waals surface area contributed by atoms with Crippen LogP contribution in [0.5, 0.6) is 0 Å². The second-order valence-electron chi connectivity index (χ2n) is 8.93. The lowest BCUT2D eigenvalue weighted by Crippen LogP contribution is -2.69. The van der Waals surface area contributed by atoms with Gasteiger partial charge in [0.15, 0.2) is 12.6 Å². The molecule has 15 heteroatoms. The molecule has 15 atom stereocenters. The highest BCUT2D eigenvalue weighted by atomic mass is 16.7. The molecule has 15 nitrogen and oxygen atoms in total. The molecule has 194 valence electrons. The van der Waals surface area contributed by atoms with Crippen molar-refractivity contribution in [3.63, 3.8) is 0 Å². The summed E-state index contributed by atoms with van der Waals surface area (Å²) in [7, 11) is 0. The van der Waals surface area contributed by atoms with Gasteiger partial charge in [-0.25, -0.2) is 0 Å². The third-order valence-electron chi connectivity index (χ3n) is 6.62. The summed E-state index contributed by atoms with van der Waals surface area (Å²) in [5.41, 5.74) is 35.2. The highest BCUT2D eigenvalue weighted by molar-refractivity contribution is 5.01. The smallest absolute Gasteiger partial charge is 0.187 e. The second kappa shape index (κ2) is 11.0. The highest BCUT2D eigenvalue weighted by Crippen LogP contribution is 2.30. The molecule has 2 saturated heterocycles. The quantitative estimate of drug-likeness (QED) is 0.167. The van der Waals surface area contributed by atoms with Gasteiger partial charge in [0.1, 0.15) is 48.8 Å². The Balaban J connectivity index is 1.72. The molecule has 1 saturated carbocycles. The fraction of sp³-hybridized carbons (Fsp3) is 1.00. The molecule has 3 rings (SSSR count). The van der Waals surface area contributed by atoms with E-state index < -0.39 is 91.7 Å². The molecule has 17 N–H and O–H groups in total. The number of aliphatic hydroxyl groups excluding tert-OH is 5. The third-order valence-corrected chi connectivity index (χ3v) is 6.62. The van der Waals surface area contributed by atoms with Crippen LogP contribution >= 0.6 is 0 Å². The monoisotopic (exact) mass is 482 g/mol. The Morgan fingerprint density at radius 2 is 1.09 bits per heavy atom. The van der Waals surface area contributed by atoms with E-state index in [1.54, 1.807) is 0 Å². The number of ether oxygens (including phenoxy) is 4. The van der Waals surface area contributed by atoms with Crippen LogP contribution in [0.4, 0.5) is 0 Å². The number of hydrogen-bond donors (Lipinski definition) is 11. The van der Waals surface area contributed by atoms with Gasteiger partial charge in [-0.1, -0.05) is 0 Å². The summed E-state index contributed by atoms with van der Waals surface area (Å²) in [6.07, 6.45) is -13.5. The Morgan fingerprint density at radius 3 is 1.64 bits per heavy atom. The molecule has 2 aliphatic heterocycles. The molecule has 2 heterocycles. The molecule has 0 spiro atoms. The summed E-state index contributed by atoms with van der Waals surface area (Å²) in [5.74, 6) is 0. The first-order valence-corrected chi connectivity index (χ1v) is 11.0. The van der Waals surface area contributed by atoms with Gasteiger partial charge in [-0.05, 0) is 6.42 Å². The van der Waals surface area contributed by atoms with E-state index in [4.69, 9.17) is 53.3 Å². The lowest BCUT2D eigenvalue weighted by molar-refractivity contribution is -0.316. The Hall–Kier alpha value is -0.600. The van der Waals surface area contributed by atoms with Crippen LogP contribution in [0.15, 0.2) is 0 Å². The van der Waals surface area contributed by atoms with E-state index in [1.165, 1.54) is 0 Å². The summed E-state index contributed by atoms with van der Waals surface area (Å²) in [6, 6.07) is -3.62. The van der Waals surface area contributed by atoms with Crippen LogP contribution in [-0.4, -0.2) is 130 Å². The van der Waals surface area contributed by atoms with Crippen molar-refractivity contribution in [1.29, 1.82) is 0 Å². The second-order valence-corrected chi connectivity index (χ2v) is 8.93. The van der Waals surface area contributed by atoms with Crippen molar-refractivity contribution in [2.75, 3.05) is 13.1 Å². The first-order valence-electron chi connectivity index (χ1n) is 11.0. The molecule has 3 aliphatic rings. The number of nitrogens with two attached hydrogens (primary N) is 6. The lowest BCUT2D eigenvalue weighted by Gasteiger charge is -2.48. The number of hydrogen-bond acceptors (Lipinski definition) is 15. The predicted molar refractivity (Wildman–Crippen MR) is 112 cm³/mol. The average Bonchev–Trinajstić information content (AvgIpc) is 2.79. The van der Waals surface area contributed by atoms with E-state index in [2.05, 4.69) is 0 Å². The Kier molecular flexibility index (Phi) is 8.99. The van der Waals surface area contributed by atoms with Crippen molar-refractivity contribution in [1.82, 2.24) is 0 Å². The fourth-order valence-electron chi connectivity index (χ4n) is 4.50. The molecule has 0 aromatic heterocycles. The first-order chi connectivity index (χ1) is 15.5. The van der Waals surface area contributed by atoms with Gasteiger partial charge in [0.25, 0.3) is 0 Å². The van der Waals surface area contributed by atoms with Crippen molar-refractivity contribution in [3.8, 4) is 0 Å². The van der Waals surface area contributed by atoms with E-state index in [0.29, 0.717) is 0 Å². The van der Waals surface area contributed by atoms with Gasteiger partial charge in [-0.15, -0.1) is 0 Å². The molecule has 0 amide bonds. The van der Waals surface area contributed by atoms with Crippen LogP contribution in [0, 0.1) is 0 Å². The molecular weight excluding hydrogens is 444 g/mol. The summed E-state index contributed by atoms with van der Waals surface area (Å²) in [5, 5.41) is 51.8. The van der Waals surface area contributed by atoms with Gasteiger partial charge in [0.05, 0.1) is 18.2 Å². The SMILES string of the molecule is NC[C@H]1O[C@H](O[C@@H]2[C@@H](O)[C@H](O[C@H]3O[C@H](CN)[C@@H](O)[C@H](O)[C@H]3N)[C@@H](N)C[C@H]2N)[C@H](O)[C@@H](O)[C@H]1N. The maximum Gasteiger partial charge on any atom is 0.187 e. The van der Waals surface area contributed by atoms with Crippen molar-refractivity contribution in [2.24, 2.45) is 34.4 Å². The lowest BCUT2D eigenvalue weighted by atomic mass is 9.84. The number of rotatable bonds is 6. The standard InChI is InChI=1S/C18H38N6O9/c19-2-6-8(23)11(26)13(28)18(30-6)33-16-5(22)1-4(21)15(14(16)29)32-17-9(24)12(27)10(25)7(3-20)31-17/h4-18,25-29H,1-3,19-24H2/t4-,5+,6+,7+,8-,9+,10+,11-,12+,13+,14-,15+,16-,17+,18+/m0/s1. The minimum absolute atomic E-state index is 0.0336. The van der Waals surface area contributed by atoms with Crippen LogP contribution in [0.25, 0.3) is 0 Å². The van der Waals surface area contributed by atoms with Crippen LogP contribution in [0.3, 0.4) is 0 Å². The molecule has 1 aliphatic carbocycles. The first kappa shape index (κ1) is 27.0. The Bertz CT molecular complexity index is 586. The molecule has 3 fully saturated rings. The van der Waals surface area contributed by atoms with Gasteiger partial charge in [0.2, 0.25) is 0 Å². The van der Waals surface area contributed by atoms with Crippen LogP contribution < -0.4 is 34.4 Å². The van der Waals surface area contributed by atoms with Gasteiger partial charge in [0, 0.05) is 25.2 Å². The molecule has 0 bridgehead atoms. The van der Waals surface area contributed by atoms with Gasteiger partial charge in [-0.2, -0.15) is 0 Å². The zero-order valence-corrected chi connectivity index (χ0v) is 18.1. The van der Waals surface area contributed by atoms with Crippen molar-refractivity contribution >= 4 is 0 Å². The van der Waals surface area contributed by atoms with Gasteiger partial charge in [-0.3, -0.25) is 0 Å². The fourth-order valence-corrected chi connectivity index (χ4v) is 4.50. The van der Waals surface area contributed by atoms with E-state index >= 15 is 0 Å². The normalized spacial score (nSPS) is 53.7. The van der Waals surface area contributed by atoms with Gasteiger partial charge >= 0.3 is 0 Å². The number of aliphatic hydroxyl groups is 5. The molecule has 0 radical (unpaired) electrons. The van der Waals surface area contributed by atoms with Crippen molar-refractivity contribution in [2.45, 2.75) is 98.1 Å². The largest absolute Gasteiger partial charge is 0.388 e. The molecule has 0 unspecified atom stereocenters. The molecular formula is C18H38N6O9.